The molecule has 0 fully saturated rings. The molecule has 9 nitrogen and oxygen atoms in total. The fourth-order valence-electron chi connectivity index (χ4n) is 3.62. The molecule has 34 heavy (non-hydrogen) atoms. The first-order valence-corrected chi connectivity index (χ1v) is 11.4. The van der Waals surface area contributed by atoms with Gasteiger partial charge in [-0.3, -0.25) is 19.1 Å². The topological polar surface area (TPSA) is 126 Å². The number of benzene rings is 2. The van der Waals surface area contributed by atoms with Crippen molar-refractivity contribution in [2.75, 3.05) is 29.5 Å². The lowest BCUT2D eigenvalue weighted by molar-refractivity contribution is -0.114. The molecule has 174 valence electrons. The van der Waals surface area contributed by atoms with Crippen LogP contribution in [0.5, 0.6) is 0 Å². The highest BCUT2D eigenvalue weighted by Gasteiger charge is 2.18. The first kappa shape index (κ1) is 23.0. The highest BCUT2D eigenvalue weighted by Crippen LogP contribution is 2.24. The fourth-order valence-corrected chi connectivity index (χ4v) is 4.24. The molecule has 0 unspecified atom stereocenters. The molecule has 0 aliphatic heterocycles. The molecule has 4 rings (SSSR count). The molecule has 0 bridgehead atoms. The number of rotatable bonds is 7. The minimum Gasteiger partial charge on any atom is -0.383 e. The molecule has 2 aromatic carbocycles. The van der Waals surface area contributed by atoms with Crippen LogP contribution in [0.15, 0.2) is 69.6 Å². The van der Waals surface area contributed by atoms with E-state index >= 15 is 0 Å². The third kappa shape index (κ3) is 5.07. The minimum atomic E-state index is -0.650. The quantitative estimate of drug-likeness (QED) is 0.377. The number of anilines is 3. The van der Waals surface area contributed by atoms with E-state index in [1.165, 1.54) is 9.47 Å². The maximum Gasteiger partial charge on any atom is 0.330 e. The number of thiazole rings is 1. The van der Waals surface area contributed by atoms with Crippen molar-refractivity contribution in [1.29, 1.82) is 0 Å². The summed E-state index contributed by atoms with van der Waals surface area (Å²) >= 11 is 1.56. The number of nitrogen functional groups attached to an aromatic ring is 1. The lowest BCUT2D eigenvalue weighted by Crippen LogP contribution is -2.39. The van der Waals surface area contributed by atoms with Crippen molar-refractivity contribution in [1.82, 2.24) is 14.5 Å². The predicted octanol–water partition coefficient (Wildman–Crippen LogP) is 2.67. The summed E-state index contributed by atoms with van der Waals surface area (Å²) in [6.07, 6.45) is 0. The Labute approximate surface area is 199 Å². The maximum atomic E-state index is 12.7. The van der Waals surface area contributed by atoms with Crippen LogP contribution >= 0.6 is 11.3 Å². The van der Waals surface area contributed by atoms with Crippen LogP contribution in [0.25, 0.3) is 11.3 Å². The molecule has 4 aromatic rings. The standard InChI is InChI=1S/C24H24N6O3S/c1-15-26-19(14-34-15)17-9-6-10-18(11-17)27-20(31)13-29(2)21-22(25)30(24(33)28-23(21)32)12-16-7-4-3-5-8-16/h3-11,14H,12-13,25H2,1-2H3,(H,27,31)(H,28,32,33). The Balaban J connectivity index is 1.52. The molecule has 0 aliphatic rings. The van der Waals surface area contributed by atoms with Gasteiger partial charge in [0.25, 0.3) is 5.56 Å². The number of aryl methyl sites for hydroxylation is 1. The summed E-state index contributed by atoms with van der Waals surface area (Å²) in [7, 11) is 1.58. The number of nitrogens with zero attached hydrogens (tertiary/aromatic N) is 3. The summed E-state index contributed by atoms with van der Waals surface area (Å²) in [5.41, 5.74) is 8.20. The van der Waals surface area contributed by atoms with Gasteiger partial charge in [-0.05, 0) is 24.6 Å². The van der Waals surface area contributed by atoms with Crippen LogP contribution in [0, 0.1) is 6.92 Å². The van der Waals surface area contributed by atoms with E-state index in [1.807, 2.05) is 60.8 Å². The van der Waals surface area contributed by atoms with Gasteiger partial charge in [-0.2, -0.15) is 0 Å². The summed E-state index contributed by atoms with van der Waals surface area (Å²) in [6.45, 7) is 1.99. The molecule has 0 radical (unpaired) electrons. The van der Waals surface area contributed by atoms with Gasteiger partial charge in [-0.1, -0.05) is 42.5 Å². The summed E-state index contributed by atoms with van der Waals surface area (Å²) in [6, 6.07) is 16.7. The number of carbonyl (C=O) groups is 1. The van der Waals surface area contributed by atoms with Crippen LogP contribution in [0.3, 0.4) is 0 Å². The van der Waals surface area contributed by atoms with E-state index in [0.717, 1.165) is 21.8 Å². The van der Waals surface area contributed by atoms with Gasteiger partial charge in [0.2, 0.25) is 5.91 Å². The number of likely N-dealkylation sites (N-methyl/N-ethyl adjacent to an activating group) is 1. The van der Waals surface area contributed by atoms with Crippen molar-refractivity contribution in [3.63, 3.8) is 0 Å². The highest BCUT2D eigenvalue weighted by molar-refractivity contribution is 7.09. The van der Waals surface area contributed by atoms with Crippen LogP contribution in [0.2, 0.25) is 0 Å². The van der Waals surface area contributed by atoms with E-state index in [4.69, 9.17) is 5.73 Å². The number of aromatic nitrogens is 3. The van der Waals surface area contributed by atoms with E-state index in [2.05, 4.69) is 15.3 Å². The molecule has 0 saturated heterocycles. The van der Waals surface area contributed by atoms with Crippen LogP contribution in [-0.2, 0) is 11.3 Å². The summed E-state index contributed by atoms with van der Waals surface area (Å²) in [4.78, 5) is 45.8. The number of carbonyl (C=O) groups excluding carboxylic acids is 1. The van der Waals surface area contributed by atoms with Gasteiger partial charge in [0.05, 0.1) is 23.8 Å². The number of hydrogen-bond acceptors (Lipinski definition) is 7. The Morgan fingerprint density at radius 3 is 2.65 bits per heavy atom. The van der Waals surface area contributed by atoms with E-state index in [1.54, 1.807) is 24.5 Å². The third-order valence-corrected chi connectivity index (χ3v) is 5.99. The number of aromatic amines is 1. The zero-order valence-corrected chi connectivity index (χ0v) is 19.6. The Kier molecular flexibility index (Phi) is 6.60. The van der Waals surface area contributed by atoms with Crippen molar-refractivity contribution >= 4 is 34.4 Å². The van der Waals surface area contributed by atoms with Gasteiger partial charge in [0, 0.05) is 23.7 Å². The first-order valence-electron chi connectivity index (χ1n) is 10.5. The lowest BCUT2D eigenvalue weighted by atomic mass is 10.1. The second-order valence-electron chi connectivity index (χ2n) is 7.80. The molecule has 4 N–H and O–H groups in total. The van der Waals surface area contributed by atoms with Crippen molar-refractivity contribution < 1.29 is 4.79 Å². The summed E-state index contributed by atoms with van der Waals surface area (Å²) in [5, 5.41) is 5.76. The molecule has 0 saturated carbocycles. The fraction of sp³-hybridized carbons (Fsp3) is 0.167. The van der Waals surface area contributed by atoms with Crippen LogP contribution in [0.4, 0.5) is 17.2 Å². The first-order chi connectivity index (χ1) is 16.3. The Morgan fingerprint density at radius 2 is 1.94 bits per heavy atom. The number of nitrogens with one attached hydrogen (secondary N) is 2. The lowest BCUT2D eigenvalue weighted by Gasteiger charge is -2.21. The highest BCUT2D eigenvalue weighted by atomic mass is 32.1. The van der Waals surface area contributed by atoms with Gasteiger partial charge in [0.1, 0.15) is 11.5 Å². The number of nitrogens with two attached hydrogens (primary N) is 1. The van der Waals surface area contributed by atoms with Crippen LogP contribution < -0.4 is 27.2 Å². The average Bonchev–Trinajstić information content (AvgIpc) is 3.23. The van der Waals surface area contributed by atoms with Gasteiger partial charge in [0.15, 0.2) is 0 Å². The Bertz CT molecular complexity index is 1440. The second-order valence-corrected chi connectivity index (χ2v) is 8.86. The molecule has 0 spiro atoms. The van der Waals surface area contributed by atoms with Gasteiger partial charge >= 0.3 is 5.69 Å². The largest absolute Gasteiger partial charge is 0.383 e. The monoisotopic (exact) mass is 476 g/mol. The Hall–Kier alpha value is -4.18. The Morgan fingerprint density at radius 1 is 1.18 bits per heavy atom. The van der Waals surface area contributed by atoms with Gasteiger partial charge in [-0.15, -0.1) is 11.3 Å². The number of H-pyrrole nitrogens is 1. The summed E-state index contributed by atoms with van der Waals surface area (Å²) in [5.74, 6) is -0.345. The zero-order chi connectivity index (χ0) is 24.2. The van der Waals surface area contributed by atoms with E-state index in [-0.39, 0.29) is 30.5 Å². The smallest absolute Gasteiger partial charge is 0.330 e. The molecular weight excluding hydrogens is 452 g/mol. The van der Waals surface area contributed by atoms with Crippen molar-refractivity contribution in [3.8, 4) is 11.3 Å². The van der Waals surface area contributed by atoms with Crippen molar-refractivity contribution in [2.24, 2.45) is 0 Å². The SMILES string of the molecule is Cc1nc(-c2cccc(NC(=O)CN(C)c3c(N)n(Cc4ccccc4)c(=O)[nH]c3=O)c2)cs1. The van der Waals surface area contributed by atoms with Gasteiger partial charge in [-0.25, -0.2) is 9.78 Å². The predicted molar refractivity (Wildman–Crippen MR) is 135 cm³/mol. The summed E-state index contributed by atoms with van der Waals surface area (Å²) < 4.78 is 1.28. The molecule has 0 atom stereocenters. The van der Waals surface area contributed by atoms with Gasteiger partial charge < -0.3 is 16.0 Å². The van der Waals surface area contributed by atoms with E-state index < -0.39 is 11.2 Å². The van der Waals surface area contributed by atoms with Crippen molar-refractivity contribution in [2.45, 2.75) is 13.5 Å². The number of amides is 1. The zero-order valence-electron chi connectivity index (χ0n) is 18.7. The van der Waals surface area contributed by atoms with Crippen LogP contribution in [-0.4, -0.2) is 34.0 Å². The minimum absolute atomic E-state index is 0.00574. The average molecular weight is 477 g/mol. The van der Waals surface area contributed by atoms with E-state index in [0.29, 0.717) is 5.69 Å². The number of hydrogen-bond donors (Lipinski definition) is 3. The third-order valence-electron chi connectivity index (χ3n) is 5.22. The molecule has 0 aliphatic carbocycles. The normalized spacial score (nSPS) is 10.8. The van der Waals surface area contributed by atoms with E-state index in [9.17, 15) is 14.4 Å². The maximum absolute atomic E-state index is 12.7. The molecule has 1 amide bonds. The second kappa shape index (κ2) is 9.75. The molecule has 2 heterocycles. The van der Waals surface area contributed by atoms with Crippen molar-refractivity contribution in [3.05, 3.63) is 91.4 Å². The molecule has 10 heteroatoms. The van der Waals surface area contributed by atoms with Crippen LogP contribution in [0.1, 0.15) is 10.6 Å². The molecule has 2 aromatic heterocycles. The molecular formula is C24H24N6O3S.